The van der Waals surface area contributed by atoms with E-state index in [0.717, 1.165) is 5.56 Å². The molecule has 6 heteroatoms. The second-order valence-electron chi connectivity index (χ2n) is 4.44. The molecule has 0 saturated carbocycles. The molecule has 2 heterocycles. The Bertz CT molecular complexity index is 779. The third-order valence-corrected chi connectivity index (χ3v) is 3.03. The van der Waals surface area contributed by atoms with Crippen LogP contribution in [0.3, 0.4) is 0 Å². The standard InChI is InChI=1S/C15H12N4O2/c16-13-9-12(10-4-6-11(7-5-10)15(20)21)18-19(13)14-3-1-2-8-17-14/h1-9H,16H2,(H,20,21). The molecule has 6 nitrogen and oxygen atoms in total. The Kier molecular flexibility index (Phi) is 3.12. The van der Waals surface area contributed by atoms with E-state index >= 15 is 0 Å². The lowest BCUT2D eigenvalue weighted by Crippen LogP contribution is -2.03. The summed E-state index contributed by atoms with van der Waals surface area (Å²) in [6, 6.07) is 13.7. The van der Waals surface area contributed by atoms with E-state index in [2.05, 4.69) is 10.1 Å². The normalized spacial score (nSPS) is 10.5. The van der Waals surface area contributed by atoms with Crippen LogP contribution in [0.2, 0.25) is 0 Å². The highest BCUT2D eigenvalue weighted by molar-refractivity contribution is 5.88. The van der Waals surface area contributed by atoms with Gasteiger partial charge >= 0.3 is 5.97 Å². The summed E-state index contributed by atoms with van der Waals surface area (Å²) < 4.78 is 1.54. The monoisotopic (exact) mass is 280 g/mol. The number of aromatic carboxylic acids is 1. The Hall–Kier alpha value is -3.15. The highest BCUT2D eigenvalue weighted by Crippen LogP contribution is 2.22. The summed E-state index contributed by atoms with van der Waals surface area (Å²) in [4.78, 5) is 15.0. The van der Waals surface area contributed by atoms with Crippen molar-refractivity contribution in [1.82, 2.24) is 14.8 Å². The van der Waals surface area contributed by atoms with Crippen molar-refractivity contribution in [3.63, 3.8) is 0 Å². The number of aromatic nitrogens is 3. The minimum atomic E-state index is -0.958. The van der Waals surface area contributed by atoms with Crippen LogP contribution in [0.15, 0.2) is 54.7 Å². The highest BCUT2D eigenvalue weighted by Gasteiger charge is 2.10. The van der Waals surface area contributed by atoms with Crippen LogP contribution in [0.5, 0.6) is 0 Å². The average Bonchev–Trinajstić information content (AvgIpc) is 2.90. The summed E-state index contributed by atoms with van der Waals surface area (Å²) in [5, 5.41) is 13.3. The second-order valence-corrected chi connectivity index (χ2v) is 4.44. The first-order chi connectivity index (χ1) is 10.1. The number of nitrogens with zero attached hydrogens (tertiary/aromatic N) is 3. The largest absolute Gasteiger partial charge is 0.478 e. The molecule has 0 radical (unpaired) electrons. The summed E-state index contributed by atoms with van der Waals surface area (Å²) >= 11 is 0. The lowest BCUT2D eigenvalue weighted by atomic mass is 10.1. The molecular formula is C15H12N4O2. The van der Waals surface area contributed by atoms with Crippen LogP contribution < -0.4 is 5.73 Å². The fourth-order valence-corrected chi connectivity index (χ4v) is 1.98. The molecule has 0 fully saturated rings. The summed E-state index contributed by atoms with van der Waals surface area (Å²) in [6.07, 6.45) is 1.66. The van der Waals surface area contributed by atoms with E-state index in [1.165, 1.54) is 12.1 Å². The van der Waals surface area contributed by atoms with Crippen LogP contribution in [0.4, 0.5) is 5.82 Å². The maximum absolute atomic E-state index is 10.8. The Labute approximate surface area is 120 Å². The minimum Gasteiger partial charge on any atom is -0.478 e. The van der Waals surface area contributed by atoms with Gasteiger partial charge in [-0.15, -0.1) is 0 Å². The van der Waals surface area contributed by atoms with E-state index in [-0.39, 0.29) is 5.56 Å². The zero-order valence-electron chi connectivity index (χ0n) is 11.0. The number of carboxylic acids is 1. The fourth-order valence-electron chi connectivity index (χ4n) is 1.98. The number of hydrogen-bond donors (Lipinski definition) is 2. The van der Waals surface area contributed by atoms with Crippen LogP contribution in [0.25, 0.3) is 17.1 Å². The van der Waals surface area contributed by atoms with Gasteiger partial charge in [-0.3, -0.25) is 0 Å². The molecule has 1 aromatic carbocycles. The Morgan fingerprint density at radius 1 is 1.14 bits per heavy atom. The number of benzene rings is 1. The molecule has 0 spiro atoms. The number of pyridine rings is 1. The number of nitrogens with two attached hydrogens (primary N) is 1. The summed E-state index contributed by atoms with van der Waals surface area (Å²) in [5.74, 6) is 0.134. The van der Waals surface area contributed by atoms with E-state index in [1.807, 2.05) is 12.1 Å². The van der Waals surface area contributed by atoms with Gasteiger partial charge in [0.2, 0.25) is 0 Å². The van der Waals surface area contributed by atoms with Crippen LogP contribution in [-0.2, 0) is 0 Å². The third-order valence-electron chi connectivity index (χ3n) is 3.03. The van der Waals surface area contributed by atoms with Crippen molar-refractivity contribution in [1.29, 1.82) is 0 Å². The molecule has 0 amide bonds. The van der Waals surface area contributed by atoms with Gasteiger partial charge in [-0.25, -0.2) is 9.78 Å². The van der Waals surface area contributed by atoms with Gasteiger partial charge in [0.1, 0.15) is 5.82 Å². The van der Waals surface area contributed by atoms with Crippen molar-refractivity contribution in [2.24, 2.45) is 0 Å². The number of rotatable bonds is 3. The van der Waals surface area contributed by atoms with Crippen molar-refractivity contribution in [3.05, 3.63) is 60.3 Å². The first-order valence-corrected chi connectivity index (χ1v) is 6.26. The molecule has 3 N–H and O–H groups in total. The lowest BCUT2D eigenvalue weighted by Gasteiger charge is -2.01. The van der Waals surface area contributed by atoms with Crippen molar-refractivity contribution in [3.8, 4) is 17.1 Å². The summed E-state index contributed by atoms with van der Waals surface area (Å²) in [6.45, 7) is 0. The van der Waals surface area contributed by atoms with Crippen molar-refractivity contribution in [2.75, 3.05) is 5.73 Å². The van der Waals surface area contributed by atoms with Gasteiger partial charge in [0.05, 0.1) is 11.3 Å². The minimum absolute atomic E-state index is 0.232. The number of anilines is 1. The van der Waals surface area contributed by atoms with Gasteiger partial charge < -0.3 is 10.8 Å². The predicted molar refractivity (Wildman–Crippen MR) is 78.2 cm³/mol. The molecule has 3 rings (SSSR count). The van der Waals surface area contributed by atoms with Crippen LogP contribution in [0, 0.1) is 0 Å². The Morgan fingerprint density at radius 2 is 1.90 bits per heavy atom. The fraction of sp³-hybridized carbons (Fsp3) is 0. The lowest BCUT2D eigenvalue weighted by molar-refractivity contribution is 0.0697. The van der Waals surface area contributed by atoms with E-state index in [0.29, 0.717) is 17.3 Å². The maximum atomic E-state index is 10.8. The molecule has 0 aliphatic heterocycles. The zero-order valence-corrected chi connectivity index (χ0v) is 11.0. The summed E-state index contributed by atoms with van der Waals surface area (Å²) in [5.41, 5.74) is 7.64. The molecule has 2 aromatic heterocycles. The van der Waals surface area contributed by atoms with E-state index < -0.39 is 5.97 Å². The quantitative estimate of drug-likeness (QED) is 0.767. The molecule has 0 aliphatic rings. The highest BCUT2D eigenvalue weighted by atomic mass is 16.4. The van der Waals surface area contributed by atoms with Gasteiger partial charge in [0, 0.05) is 17.8 Å². The molecule has 0 aliphatic carbocycles. The molecule has 0 saturated heterocycles. The Morgan fingerprint density at radius 3 is 2.52 bits per heavy atom. The van der Waals surface area contributed by atoms with E-state index in [1.54, 1.807) is 35.1 Å². The van der Waals surface area contributed by atoms with Crippen LogP contribution >= 0.6 is 0 Å². The maximum Gasteiger partial charge on any atom is 0.335 e. The molecule has 0 bridgehead atoms. The van der Waals surface area contributed by atoms with Gasteiger partial charge in [0.15, 0.2) is 5.82 Å². The second kappa shape index (κ2) is 5.09. The van der Waals surface area contributed by atoms with Crippen LogP contribution in [0.1, 0.15) is 10.4 Å². The molecule has 21 heavy (non-hydrogen) atoms. The Balaban J connectivity index is 1.99. The smallest absolute Gasteiger partial charge is 0.335 e. The molecular weight excluding hydrogens is 268 g/mol. The number of carboxylic acid groups (broad SMARTS) is 1. The van der Waals surface area contributed by atoms with E-state index in [9.17, 15) is 4.79 Å². The van der Waals surface area contributed by atoms with Gasteiger partial charge in [-0.2, -0.15) is 9.78 Å². The first kappa shape index (κ1) is 12.9. The summed E-state index contributed by atoms with van der Waals surface area (Å²) in [7, 11) is 0. The van der Waals surface area contributed by atoms with Crippen molar-refractivity contribution < 1.29 is 9.90 Å². The third kappa shape index (κ3) is 2.46. The average molecular weight is 280 g/mol. The van der Waals surface area contributed by atoms with Gasteiger partial charge in [0.25, 0.3) is 0 Å². The molecule has 104 valence electrons. The van der Waals surface area contributed by atoms with E-state index in [4.69, 9.17) is 10.8 Å². The zero-order chi connectivity index (χ0) is 14.8. The molecule has 0 atom stereocenters. The topological polar surface area (TPSA) is 94.0 Å². The number of carbonyl (C=O) groups is 1. The van der Waals surface area contributed by atoms with Crippen molar-refractivity contribution >= 4 is 11.8 Å². The molecule has 0 unspecified atom stereocenters. The van der Waals surface area contributed by atoms with Gasteiger partial charge in [-0.1, -0.05) is 18.2 Å². The van der Waals surface area contributed by atoms with Crippen molar-refractivity contribution in [2.45, 2.75) is 0 Å². The number of hydrogen-bond acceptors (Lipinski definition) is 4. The number of nitrogen functional groups attached to an aromatic ring is 1. The van der Waals surface area contributed by atoms with Gasteiger partial charge in [-0.05, 0) is 24.3 Å². The van der Waals surface area contributed by atoms with Crippen LogP contribution in [-0.4, -0.2) is 25.8 Å². The predicted octanol–water partition coefficient (Wildman–Crippen LogP) is 2.21. The molecule has 3 aromatic rings. The SMILES string of the molecule is Nc1cc(-c2ccc(C(=O)O)cc2)nn1-c1ccccn1. The first-order valence-electron chi connectivity index (χ1n) is 6.26.